The summed E-state index contributed by atoms with van der Waals surface area (Å²) in [6.45, 7) is 0.356. The van der Waals surface area contributed by atoms with Crippen molar-refractivity contribution in [2.45, 2.75) is 6.61 Å². The van der Waals surface area contributed by atoms with Crippen molar-refractivity contribution in [1.29, 1.82) is 5.26 Å². The molecule has 4 nitrogen and oxygen atoms in total. The molecule has 0 heterocycles. The van der Waals surface area contributed by atoms with Gasteiger partial charge in [0.05, 0.1) is 12.8 Å². The fourth-order valence-corrected chi connectivity index (χ4v) is 1.71. The predicted octanol–water partition coefficient (Wildman–Crippen LogP) is 2.73. The number of rotatable bonds is 4. The molecule has 4 heteroatoms. The molecule has 2 rings (SSSR count). The zero-order valence-corrected chi connectivity index (χ0v) is 10.6. The molecule has 0 atom stereocenters. The third-order valence-electron chi connectivity index (χ3n) is 2.70. The first-order valence-electron chi connectivity index (χ1n) is 5.79. The van der Waals surface area contributed by atoms with E-state index in [1.54, 1.807) is 25.3 Å². The lowest BCUT2D eigenvalue weighted by molar-refractivity contribution is 0.304. The molecule has 2 aromatic rings. The van der Waals surface area contributed by atoms with Crippen LogP contribution < -0.4 is 15.2 Å². The van der Waals surface area contributed by atoms with Crippen LogP contribution in [-0.4, -0.2) is 7.11 Å². The second-order valence-corrected chi connectivity index (χ2v) is 3.97. The molecule has 0 fully saturated rings. The molecule has 0 unspecified atom stereocenters. The van der Waals surface area contributed by atoms with E-state index in [-0.39, 0.29) is 0 Å². The number of nitriles is 1. The van der Waals surface area contributed by atoms with Gasteiger partial charge in [0.1, 0.15) is 29.7 Å². The largest absolute Gasteiger partial charge is 0.497 e. The number of nitrogens with two attached hydrogens (primary N) is 1. The number of ether oxygens (including phenoxy) is 2. The number of anilines is 1. The monoisotopic (exact) mass is 254 g/mol. The molecule has 0 aromatic heterocycles. The summed E-state index contributed by atoms with van der Waals surface area (Å²) in [4.78, 5) is 0. The molecule has 2 aromatic carbocycles. The molecule has 0 aliphatic carbocycles. The summed E-state index contributed by atoms with van der Waals surface area (Å²) in [5, 5.41) is 9.05. The van der Waals surface area contributed by atoms with E-state index < -0.39 is 0 Å². The summed E-state index contributed by atoms with van der Waals surface area (Å²) in [7, 11) is 1.62. The Morgan fingerprint density at radius 3 is 2.74 bits per heavy atom. The van der Waals surface area contributed by atoms with E-state index in [1.165, 1.54) is 0 Å². The topological polar surface area (TPSA) is 68.3 Å². The molecule has 0 amide bonds. The molecule has 0 bridgehead atoms. The summed E-state index contributed by atoms with van der Waals surface area (Å²) in [5.41, 5.74) is 7.48. The second kappa shape index (κ2) is 5.78. The van der Waals surface area contributed by atoms with E-state index in [0.29, 0.717) is 23.6 Å². The Kier molecular flexibility index (Phi) is 3.89. The first-order chi connectivity index (χ1) is 9.24. The second-order valence-electron chi connectivity index (χ2n) is 3.97. The highest BCUT2D eigenvalue weighted by Gasteiger charge is 2.07. The summed E-state index contributed by atoms with van der Waals surface area (Å²) in [6, 6.07) is 14.8. The number of nitrogens with zero attached hydrogens (tertiary/aromatic N) is 1. The molecule has 0 saturated heterocycles. The standard InChI is InChI=1S/C15H14N2O2/c1-18-12-5-2-4-11(8-12)10-19-15-7-3-6-14(17)13(15)9-16/h2-8H,10,17H2,1H3. The maximum absolute atomic E-state index is 9.05. The van der Waals surface area contributed by atoms with Gasteiger partial charge in [-0.1, -0.05) is 18.2 Å². The van der Waals surface area contributed by atoms with Gasteiger partial charge in [0.25, 0.3) is 0 Å². The van der Waals surface area contributed by atoms with Crippen LogP contribution in [0.5, 0.6) is 11.5 Å². The van der Waals surface area contributed by atoms with Gasteiger partial charge in [-0.05, 0) is 29.8 Å². The van der Waals surface area contributed by atoms with Crippen molar-refractivity contribution in [2.75, 3.05) is 12.8 Å². The van der Waals surface area contributed by atoms with Crippen LogP contribution in [0, 0.1) is 11.3 Å². The van der Waals surface area contributed by atoms with Crippen molar-refractivity contribution in [3.63, 3.8) is 0 Å². The third-order valence-corrected chi connectivity index (χ3v) is 2.70. The summed E-state index contributed by atoms with van der Waals surface area (Å²) in [5.74, 6) is 1.26. The zero-order valence-electron chi connectivity index (χ0n) is 10.6. The minimum Gasteiger partial charge on any atom is -0.497 e. The lowest BCUT2D eigenvalue weighted by Crippen LogP contribution is -2.00. The van der Waals surface area contributed by atoms with Gasteiger partial charge >= 0.3 is 0 Å². The van der Waals surface area contributed by atoms with Gasteiger partial charge in [0.15, 0.2) is 0 Å². The Morgan fingerprint density at radius 2 is 2.00 bits per heavy atom. The van der Waals surface area contributed by atoms with Crippen LogP contribution >= 0.6 is 0 Å². The highest BCUT2D eigenvalue weighted by Crippen LogP contribution is 2.24. The Morgan fingerprint density at radius 1 is 1.21 bits per heavy atom. The van der Waals surface area contributed by atoms with E-state index in [4.69, 9.17) is 20.5 Å². The minimum absolute atomic E-state index is 0.356. The van der Waals surface area contributed by atoms with Gasteiger partial charge in [-0.15, -0.1) is 0 Å². The first kappa shape index (κ1) is 12.8. The summed E-state index contributed by atoms with van der Waals surface area (Å²) in [6.07, 6.45) is 0. The minimum atomic E-state index is 0.356. The van der Waals surface area contributed by atoms with Gasteiger partial charge in [-0.3, -0.25) is 0 Å². The van der Waals surface area contributed by atoms with Crippen molar-refractivity contribution in [3.8, 4) is 17.6 Å². The van der Waals surface area contributed by atoms with Crippen LogP contribution in [0.25, 0.3) is 0 Å². The average molecular weight is 254 g/mol. The van der Waals surface area contributed by atoms with Crippen LogP contribution in [0.15, 0.2) is 42.5 Å². The Bertz CT molecular complexity index is 618. The number of benzene rings is 2. The number of nitrogen functional groups attached to an aromatic ring is 1. The van der Waals surface area contributed by atoms with Crippen LogP contribution in [-0.2, 0) is 6.61 Å². The normalized spacial score (nSPS) is 9.68. The fraction of sp³-hybridized carbons (Fsp3) is 0.133. The number of hydrogen-bond donors (Lipinski definition) is 1. The lowest BCUT2D eigenvalue weighted by Gasteiger charge is -2.10. The quantitative estimate of drug-likeness (QED) is 0.852. The van der Waals surface area contributed by atoms with Gasteiger partial charge in [0, 0.05) is 0 Å². The van der Waals surface area contributed by atoms with Crippen LogP contribution in [0.1, 0.15) is 11.1 Å². The number of hydrogen-bond acceptors (Lipinski definition) is 4. The van der Waals surface area contributed by atoms with Gasteiger partial charge in [0.2, 0.25) is 0 Å². The molecule has 19 heavy (non-hydrogen) atoms. The highest BCUT2D eigenvalue weighted by atomic mass is 16.5. The molecule has 2 N–H and O–H groups in total. The molecule has 0 radical (unpaired) electrons. The maximum Gasteiger partial charge on any atom is 0.139 e. The van der Waals surface area contributed by atoms with Gasteiger partial charge < -0.3 is 15.2 Å². The van der Waals surface area contributed by atoms with E-state index in [2.05, 4.69) is 0 Å². The molecule has 0 saturated carbocycles. The van der Waals surface area contributed by atoms with Crippen molar-refractivity contribution < 1.29 is 9.47 Å². The average Bonchev–Trinajstić information content (AvgIpc) is 2.45. The predicted molar refractivity (Wildman–Crippen MR) is 72.9 cm³/mol. The Labute approximate surface area is 112 Å². The molecular formula is C15H14N2O2. The van der Waals surface area contributed by atoms with Crippen LogP contribution in [0.4, 0.5) is 5.69 Å². The third kappa shape index (κ3) is 2.96. The first-order valence-corrected chi connectivity index (χ1v) is 5.79. The highest BCUT2D eigenvalue weighted by molar-refractivity contribution is 5.60. The lowest BCUT2D eigenvalue weighted by atomic mass is 10.2. The fourth-order valence-electron chi connectivity index (χ4n) is 1.71. The smallest absolute Gasteiger partial charge is 0.139 e. The molecule has 96 valence electrons. The molecule has 0 aliphatic rings. The summed E-state index contributed by atoms with van der Waals surface area (Å²) < 4.78 is 10.8. The van der Waals surface area contributed by atoms with Crippen LogP contribution in [0.3, 0.4) is 0 Å². The van der Waals surface area contributed by atoms with Gasteiger partial charge in [-0.2, -0.15) is 5.26 Å². The van der Waals surface area contributed by atoms with Crippen molar-refractivity contribution >= 4 is 5.69 Å². The van der Waals surface area contributed by atoms with Crippen molar-refractivity contribution in [3.05, 3.63) is 53.6 Å². The number of methoxy groups -OCH3 is 1. The molecular weight excluding hydrogens is 240 g/mol. The van der Waals surface area contributed by atoms with E-state index in [0.717, 1.165) is 11.3 Å². The Balaban J connectivity index is 2.15. The summed E-state index contributed by atoms with van der Waals surface area (Å²) >= 11 is 0. The van der Waals surface area contributed by atoms with E-state index in [1.807, 2.05) is 30.3 Å². The van der Waals surface area contributed by atoms with Crippen LogP contribution in [0.2, 0.25) is 0 Å². The van der Waals surface area contributed by atoms with Gasteiger partial charge in [-0.25, -0.2) is 0 Å². The SMILES string of the molecule is COc1cccc(COc2cccc(N)c2C#N)c1. The molecule has 0 spiro atoms. The van der Waals surface area contributed by atoms with E-state index >= 15 is 0 Å². The molecule has 0 aliphatic heterocycles. The van der Waals surface area contributed by atoms with Crippen molar-refractivity contribution in [2.24, 2.45) is 0 Å². The Hall–Kier alpha value is -2.67. The van der Waals surface area contributed by atoms with Crippen molar-refractivity contribution in [1.82, 2.24) is 0 Å². The van der Waals surface area contributed by atoms with E-state index in [9.17, 15) is 0 Å². The zero-order chi connectivity index (χ0) is 13.7. The maximum atomic E-state index is 9.05.